The van der Waals surface area contributed by atoms with Crippen LogP contribution >= 0.6 is 0 Å². The van der Waals surface area contributed by atoms with Gasteiger partial charge >= 0.3 is 0 Å². The molecule has 0 unspecified atom stereocenters. The van der Waals surface area contributed by atoms with Crippen LogP contribution in [0.5, 0.6) is 11.5 Å². The molecule has 7 aliphatic carbocycles. The second-order valence-electron chi connectivity index (χ2n) is 15.1. The monoisotopic (exact) mass is 482 g/mol. The summed E-state index contributed by atoms with van der Waals surface area (Å²) in [6.07, 6.45) is 6.78. The molecule has 36 heavy (non-hydrogen) atoms. The molecule has 6 saturated carbocycles. The third-order valence-corrected chi connectivity index (χ3v) is 14.1. The summed E-state index contributed by atoms with van der Waals surface area (Å²) in [7, 11) is 3.71. The van der Waals surface area contributed by atoms with E-state index in [0.717, 1.165) is 29.3 Å². The van der Waals surface area contributed by atoms with Gasteiger partial charge in [-0.25, -0.2) is 0 Å². The number of fused-ring (bicyclic) bond motifs is 8. The molecule has 0 heterocycles. The zero-order chi connectivity index (χ0) is 25.3. The Morgan fingerprint density at radius 1 is 0.806 bits per heavy atom. The van der Waals surface area contributed by atoms with Crippen LogP contribution in [0.4, 0.5) is 0 Å². The van der Waals surface area contributed by atoms with Gasteiger partial charge in [-0.2, -0.15) is 0 Å². The van der Waals surface area contributed by atoms with E-state index in [2.05, 4.69) is 71.9 Å². The number of rotatable bonds is 3. The van der Waals surface area contributed by atoms with Gasteiger partial charge in [-0.3, -0.25) is 0 Å². The summed E-state index contributed by atoms with van der Waals surface area (Å²) in [6, 6.07) is 11.9. The van der Waals surface area contributed by atoms with Gasteiger partial charge in [-0.15, -0.1) is 0 Å². The third-order valence-electron chi connectivity index (χ3n) is 14.1. The highest BCUT2D eigenvalue weighted by Crippen LogP contribution is 2.93. The number of hydrogen-bond acceptors (Lipinski definition) is 2. The lowest BCUT2D eigenvalue weighted by molar-refractivity contribution is 0.0663. The molecule has 0 saturated heterocycles. The quantitative estimate of drug-likeness (QED) is 0.439. The highest BCUT2D eigenvalue weighted by atomic mass is 16.5. The summed E-state index contributed by atoms with van der Waals surface area (Å²) in [5.74, 6) is 4.49. The first-order chi connectivity index (χ1) is 17.0. The van der Waals surface area contributed by atoms with Crippen molar-refractivity contribution in [1.29, 1.82) is 0 Å². The predicted molar refractivity (Wildman–Crippen MR) is 145 cm³/mol. The molecular weight excluding hydrogens is 440 g/mol. The molecule has 2 nitrogen and oxygen atoms in total. The third kappa shape index (κ3) is 1.77. The van der Waals surface area contributed by atoms with Crippen LogP contribution in [0, 0.1) is 39.4 Å². The molecule has 0 amide bonds. The Kier molecular flexibility index (Phi) is 3.59. The summed E-state index contributed by atoms with van der Waals surface area (Å²) >= 11 is 0. The predicted octanol–water partition coefficient (Wildman–Crippen LogP) is 8.14. The lowest BCUT2D eigenvalue weighted by atomic mass is 9.48. The number of ether oxygens (including phenoxy) is 2. The standard InChI is InChI=1S/C34H42O2/c1-29(2)19-13-14-31(5,17-19)34(29)23-10-9-21(35-7)16-22(23)27-24(11-12-25(36-8)28(27)34)33-26-15-20(30(33,3)4)18-32(26,33)6/h9-12,16,19-20,26H,13-15,17-18H2,1-8H3/t19-,20-,26+,31+,32-,33-,34+/m1/s1. The van der Waals surface area contributed by atoms with Crippen molar-refractivity contribution in [3.8, 4) is 22.6 Å². The van der Waals surface area contributed by atoms with Crippen LogP contribution in [0.15, 0.2) is 30.3 Å². The minimum absolute atomic E-state index is 0.0329. The van der Waals surface area contributed by atoms with Crippen molar-refractivity contribution in [3.05, 3.63) is 47.0 Å². The average molecular weight is 483 g/mol. The van der Waals surface area contributed by atoms with Gasteiger partial charge in [-0.1, -0.05) is 53.7 Å². The van der Waals surface area contributed by atoms with E-state index in [1.807, 2.05) is 14.2 Å². The minimum atomic E-state index is -0.0329. The topological polar surface area (TPSA) is 18.5 Å². The molecule has 9 rings (SSSR count). The molecule has 190 valence electrons. The van der Waals surface area contributed by atoms with Gasteiger partial charge in [-0.05, 0) is 112 Å². The van der Waals surface area contributed by atoms with Gasteiger partial charge in [0, 0.05) is 16.4 Å². The number of hydrogen-bond donors (Lipinski definition) is 0. The van der Waals surface area contributed by atoms with Crippen molar-refractivity contribution in [3.63, 3.8) is 0 Å². The maximum Gasteiger partial charge on any atom is 0.123 e. The molecule has 0 aromatic heterocycles. The molecule has 1 spiro atoms. The molecule has 7 atom stereocenters. The highest BCUT2D eigenvalue weighted by molar-refractivity contribution is 5.90. The van der Waals surface area contributed by atoms with Crippen molar-refractivity contribution in [1.82, 2.24) is 0 Å². The summed E-state index contributed by atoms with van der Waals surface area (Å²) in [5, 5.41) is 0. The molecule has 7 aliphatic rings. The van der Waals surface area contributed by atoms with E-state index in [-0.39, 0.29) is 21.7 Å². The van der Waals surface area contributed by atoms with Crippen LogP contribution in [0.25, 0.3) is 11.1 Å². The average Bonchev–Trinajstić information content (AvgIpc) is 3.42. The summed E-state index contributed by atoms with van der Waals surface area (Å²) in [4.78, 5) is 0. The Bertz CT molecular complexity index is 1360. The zero-order valence-electron chi connectivity index (χ0n) is 23.5. The van der Waals surface area contributed by atoms with Gasteiger partial charge < -0.3 is 9.47 Å². The van der Waals surface area contributed by atoms with Crippen molar-refractivity contribution in [2.24, 2.45) is 39.4 Å². The molecule has 2 aromatic carbocycles. The molecule has 6 bridgehead atoms. The lowest BCUT2D eigenvalue weighted by Crippen LogP contribution is -2.51. The Hall–Kier alpha value is -1.96. The fourth-order valence-corrected chi connectivity index (χ4v) is 12.9. The van der Waals surface area contributed by atoms with Crippen LogP contribution in [0.3, 0.4) is 0 Å². The maximum absolute atomic E-state index is 6.32. The Labute approximate surface area is 217 Å². The molecule has 2 heteroatoms. The van der Waals surface area contributed by atoms with Crippen molar-refractivity contribution in [2.45, 2.75) is 84.5 Å². The second-order valence-corrected chi connectivity index (χ2v) is 15.1. The van der Waals surface area contributed by atoms with Crippen LogP contribution < -0.4 is 9.47 Å². The Balaban J connectivity index is 1.53. The summed E-state index contributed by atoms with van der Waals surface area (Å²) in [5.41, 5.74) is 9.05. The van der Waals surface area contributed by atoms with E-state index < -0.39 is 0 Å². The smallest absolute Gasteiger partial charge is 0.123 e. The van der Waals surface area contributed by atoms with Gasteiger partial charge in [0.25, 0.3) is 0 Å². The van der Waals surface area contributed by atoms with Crippen molar-refractivity contribution in [2.75, 3.05) is 14.2 Å². The minimum Gasteiger partial charge on any atom is -0.497 e. The lowest BCUT2D eigenvalue weighted by Gasteiger charge is -2.54. The van der Waals surface area contributed by atoms with E-state index in [1.54, 1.807) is 11.1 Å². The largest absolute Gasteiger partial charge is 0.497 e. The van der Waals surface area contributed by atoms with Gasteiger partial charge in [0.05, 0.1) is 14.2 Å². The first-order valence-electron chi connectivity index (χ1n) is 14.4. The first kappa shape index (κ1) is 22.1. The fraction of sp³-hybridized carbons (Fsp3) is 0.647. The summed E-state index contributed by atoms with van der Waals surface area (Å²) < 4.78 is 12.2. The number of methoxy groups -OCH3 is 2. The van der Waals surface area contributed by atoms with Crippen molar-refractivity contribution >= 4 is 0 Å². The van der Waals surface area contributed by atoms with Crippen LogP contribution in [0.2, 0.25) is 0 Å². The first-order valence-corrected chi connectivity index (χ1v) is 14.4. The van der Waals surface area contributed by atoms with E-state index in [1.165, 1.54) is 48.8 Å². The number of benzene rings is 2. The Morgan fingerprint density at radius 3 is 2.11 bits per heavy atom. The fourth-order valence-electron chi connectivity index (χ4n) is 12.9. The van der Waals surface area contributed by atoms with Crippen molar-refractivity contribution < 1.29 is 9.47 Å². The van der Waals surface area contributed by atoms with E-state index in [4.69, 9.17) is 9.47 Å². The molecule has 2 aromatic rings. The van der Waals surface area contributed by atoms with E-state index in [0.29, 0.717) is 10.8 Å². The Morgan fingerprint density at radius 2 is 1.56 bits per heavy atom. The van der Waals surface area contributed by atoms with Gasteiger partial charge in [0.1, 0.15) is 11.5 Å². The van der Waals surface area contributed by atoms with Gasteiger partial charge in [0.2, 0.25) is 0 Å². The molecule has 6 fully saturated rings. The zero-order valence-corrected chi connectivity index (χ0v) is 23.5. The maximum atomic E-state index is 6.32. The van der Waals surface area contributed by atoms with Crippen LogP contribution in [0.1, 0.15) is 90.3 Å². The molecule has 0 N–H and O–H groups in total. The normalized spacial score (nSPS) is 44.7. The molecule has 0 radical (unpaired) electrons. The SMILES string of the molecule is COc1ccc2c(c1)-c1c([C@]34[C@H]5C[C@H](C[C@]53C)C4(C)C)ccc(OC)c1[C@]21C(C)(C)[C@@H]2CC[C@@]1(C)C2. The van der Waals surface area contributed by atoms with Gasteiger partial charge in [0.15, 0.2) is 0 Å². The highest BCUT2D eigenvalue weighted by Gasteiger charge is 2.89. The molecule has 0 aliphatic heterocycles. The van der Waals surface area contributed by atoms with Crippen LogP contribution in [-0.2, 0) is 10.8 Å². The van der Waals surface area contributed by atoms with E-state index >= 15 is 0 Å². The summed E-state index contributed by atoms with van der Waals surface area (Å²) in [6.45, 7) is 15.6. The molecular formula is C34H42O2. The van der Waals surface area contributed by atoms with E-state index in [9.17, 15) is 0 Å². The second kappa shape index (κ2) is 5.87. The van der Waals surface area contributed by atoms with Crippen LogP contribution in [-0.4, -0.2) is 14.2 Å².